The summed E-state index contributed by atoms with van der Waals surface area (Å²) in [7, 11) is 0. The van der Waals surface area contributed by atoms with Crippen molar-refractivity contribution in [2.24, 2.45) is 5.92 Å². The molecule has 7 heteroatoms. The summed E-state index contributed by atoms with van der Waals surface area (Å²) in [6, 6.07) is 10.5. The first kappa shape index (κ1) is 21.5. The second-order valence-corrected chi connectivity index (χ2v) is 8.97. The van der Waals surface area contributed by atoms with E-state index in [1.807, 2.05) is 6.07 Å². The lowest BCUT2D eigenvalue weighted by atomic mass is 9.81. The van der Waals surface area contributed by atoms with Gasteiger partial charge in [0.25, 0.3) is 5.91 Å². The molecule has 1 unspecified atom stereocenters. The Bertz CT molecular complexity index is 832. The fourth-order valence-corrected chi connectivity index (χ4v) is 5.08. The van der Waals surface area contributed by atoms with Gasteiger partial charge in [0.05, 0.1) is 0 Å². The van der Waals surface area contributed by atoms with Crippen molar-refractivity contribution in [1.29, 1.82) is 0 Å². The van der Waals surface area contributed by atoms with Gasteiger partial charge in [-0.1, -0.05) is 30.3 Å². The largest absolute Gasteiger partial charge is 0.353 e. The van der Waals surface area contributed by atoms with E-state index in [1.54, 1.807) is 4.90 Å². The first-order valence-corrected chi connectivity index (χ1v) is 11.5. The number of Topliss-reactive ketones (excluding diaryl/α,β-unsaturated/α-hetero) is 1. The van der Waals surface area contributed by atoms with Crippen LogP contribution in [0, 0.1) is 5.92 Å². The lowest BCUT2D eigenvalue weighted by Crippen LogP contribution is -2.43. The molecule has 3 amide bonds. The van der Waals surface area contributed by atoms with Crippen LogP contribution in [-0.4, -0.2) is 65.5 Å². The van der Waals surface area contributed by atoms with Crippen molar-refractivity contribution >= 4 is 23.5 Å². The molecule has 0 bridgehead atoms. The van der Waals surface area contributed by atoms with Crippen molar-refractivity contribution < 1.29 is 19.2 Å². The van der Waals surface area contributed by atoms with E-state index in [2.05, 4.69) is 29.6 Å². The molecule has 4 rings (SSSR count). The third kappa shape index (κ3) is 4.97. The van der Waals surface area contributed by atoms with E-state index < -0.39 is 17.6 Å². The topological polar surface area (TPSA) is 86.8 Å². The van der Waals surface area contributed by atoms with Crippen molar-refractivity contribution in [3.8, 4) is 0 Å². The zero-order valence-corrected chi connectivity index (χ0v) is 17.9. The minimum absolute atomic E-state index is 0.0607. The van der Waals surface area contributed by atoms with Crippen LogP contribution in [0.1, 0.15) is 56.4 Å². The van der Waals surface area contributed by atoms with Gasteiger partial charge < -0.3 is 15.1 Å². The molecule has 2 aliphatic heterocycles. The number of carbonyl (C=O) groups is 4. The molecule has 0 spiro atoms. The Labute approximate surface area is 183 Å². The molecule has 2 heterocycles. The first-order chi connectivity index (χ1) is 15.0. The SMILES string of the molecule is O=C(NC1CCC(c2ccccc2)CC1)C1CN(CCCN2CCCC2=O)C(=O)C1=O. The molecule has 2 saturated heterocycles. The lowest BCUT2D eigenvalue weighted by molar-refractivity contribution is -0.142. The van der Waals surface area contributed by atoms with Gasteiger partial charge in [-0.2, -0.15) is 0 Å². The van der Waals surface area contributed by atoms with Crippen LogP contribution in [0.5, 0.6) is 0 Å². The van der Waals surface area contributed by atoms with Crippen molar-refractivity contribution in [2.75, 3.05) is 26.2 Å². The lowest BCUT2D eigenvalue weighted by Gasteiger charge is -2.30. The highest BCUT2D eigenvalue weighted by Crippen LogP contribution is 2.33. The summed E-state index contributed by atoms with van der Waals surface area (Å²) < 4.78 is 0. The zero-order chi connectivity index (χ0) is 21.8. The number of nitrogens with one attached hydrogen (secondary N) is 1. The predicted molar refractivity (Wildman–Crippen MR) is 115 cm³/mol. The minimum atomic E-state index is -0.909. The number of hydrogen-bond acceptors (Lipinski definition) is 4. The van der Waals surface area contributed by atoms with E-state index in [0.29, 0.717) is 31.8 Å². The van der Waals surface area contributed by atoms with Crippen LogP contribution >= 0.6 is 0 Å². The Kier molecular flexibility index (Phi) is 6.68. The summed E-state index contributed by atoms with van der Waals surface area (Å²) in [6.07, 6.45) is 5.89. The molecule has 31 heavy (non-hydrogen) atoms. The maximum atomic E-state index is 12.7. The molecule has 3 aliphatic rings. The number of likely N-dealkylation sites (tertiary alicyclic amines) is 2. The highest BCUT2D eigenvalue weighted by Gasteiger charge is 2.43. The van der Waals surface area contributed by atoms with E-state index in [9.17, 15) is 19.2 Å². The smallest absolute Gasteiger partial charge is 0.290 e. The van der Waals surface area contributed by atoms with Crippen molar-refractivity contribution in [1.82, 2.24) is 15.1 Å². The molecule has 0 aromatic heterocycles. The van der Waals surface area contributed by atoms with E-state index in [0.717, 1.165) is 38.6 Å². The number of hydrogen-bond donors (Lipinski definition) is 1. The van der Waals surface area contributed by atoms with Gasteiger partial charge >= 0.3 is 0 Å². The number of ketones is 1. The van der Waals surface area contributed by atoms with Crippen molar-refractivity contribution in [3.05, 3.63) is 35.9 Å². The van der Waals surface area contributed by atoms with Crippen LogP contribution in [0.25, 0.3) is 0 Å². The van der Waals surface area contributed by atoms with Crippen molar-refractivity contribution in [2.45, 2.75) is 56.9 Å². The average Bonchev–Trinajstić information content (AvgIpc) is 3.32. The summed E-state index contributed by atoms with van der Waals surface area (Å²) >= 11 is 0. The highest BCUT2D eigenvalue weighted by atomic mass is 16.2. The minimum Gasteiger partial charge on any atom is -0.353 e. The third-order valence-corrected chi connectivity index (χ3v) is 6.91. The highest BCUT2D eigenvalue weighted by molar-refractivity contribution is 6.42. The quantitative estimate of drug-likeness (QED) is 0.534. The molecule has 7 nitrogen and oxygen atoms in total. The van der Waals surface area contributed by atoms with Crippen LogP contribution in [0.2, 0.25) is 0 Å². The molecule has 1 aromatic rings. The maximum Gasteiger partial charge on any atom is 0.290 e. The molecule has 3 fully saturated rings. The van der Waals surface area contributed by atoms with Crippen LogP contribution in [0.3, 0.4) is 0 Å². The van der Waals surface area contributed by atoms with Gasteiger partial charge in [0.2, 0.25) is 17.6 Å². The number of benzene rings is 1. The van der Waals surface area contributed by atoms with Crippen molar-refractivity contribution in [3.63, 3.8) is 0 Å². The van der Waals surface area contributed by atoms with Crippen LogP contribution in [0.15, 0.2) is 30.3 Å². The van der Waals surface area contributed by atoms with E-state index in [4.69, 9.17) is 0 Å². The van der Waals surface area contributed by atoms with E-state index in [1.165, 1.54) is 10.5 Å². The maximum absolute atomic E-state index is 12.7. The van der Waals surface area contributed by atoms with Gasteiger partial charge in [0, 0.05) is 38.6 Å². The summed E-state index contributed by atoms with van der Waals surface area (Å²) in [5.74, 6) is -1.73. The van der Waals surface area contributed by atoms with Crippen LogP contribution in [-0.2, 0) is 19.2 Å². The number of nitrogens with zero attached hydrogens (tertiary/aromatic N) is 2. The molecule has 0 radical (unpaired) electrons. The summed E-state index contributed by atoms with van der Waals surface area (Å²) in [5, 5.41) is 3.02. The van der Waals surface area contributed by atoms with Crippen LogP contribution in [0.4, 0.5) is 0 Å². The Hall–Kier alpha value is -2.70. The first-order valence-electron chi connectivity index (χ1n) is 11.5. The Balaban J connectivity index is 1.23. The molecular formula is C24H31N3O4. The van der Waals surface area contributed by atoms with Crippen LogP contribution < -0.4 is 5.32 Å². The normalized spacial score (nSPS) is 26.6. The predicted octanol–water partition coefficient (Wildman–Crippen LogP) is 1.87. The fourth-order valence-electron chi connectivity index (χ4n) is 5.08. The Morgan fingerprint density at radius 2 is 1.68 bits per heavy atom. The summed E-state index contributed by atoms with van der Waals surface area (Å²) in [6.45, 7) is 1.92. The second kappa shape index (κ2) is 9.62. The number of amides is 3. The Morgan fingerprint density at radius 1 is 0.968 bits per heavy atom. The standard InChI is InChI=1S/C24H31N3O4/c28-21-8-4-13-26(21)14-5-15-27-16-20(22(29)24(27)31)23(30)25-19-11-9-18(10-12-19)17-6-2-1-3-7-17/h1-3,6-7,18-20H,4-5,8-16H2,(H,25,30). The molecular weight excluding hydrogens is 394 g/mol. The summed E-state index contributed by atoms with van der Waals surface area (Å²) in [5.41, 5.74) is 1.34. The second-order valence-electron chi connectivity index (χ2n) is 8.97. The summed E-state index contributed by atoms with van der Waals surface area (Å²) in [4.78, 5) is 52.4. The monoisotopic (exact) mass is 425 g/mol. The van der Waals surface area contributed by atoms with Gasteiger partial charge in [-0.3, -0.25) is 19.2 Å². The van der Waals surface area contributed by atoms with Gasteiger partial charge in [-0.05, 0) is 50.0 Å². The van der Waals surface area contributed by atoms with E-state index in [-0.39, 0.29) is 24.4 Å². The van der Waals surface area contributed by atoms with Gasteiger partial charge in [0.1, 0.15) is 5.92 Å². The van der Waals surface area contributed by atoms with Gasteiger partial charge in [0.15, 0.2) is 0 Å². The molecule has 1 aliphatic carbocycles. The molecule has 1 atom stereocenters. The zero-order valence-electron chi connectivity index (χ0n) is 17.9. The number of carbonyl (C=O) groups excluding carboxylic acids is 4. The number of rotatable bonds is 7. The third-order valence-electron chi connectivity index (χ3n) is 6.91. The molecule has 1 N–H and O–H groups in total. The van der Waals surface area contributed by atoms with Gasteiger partial charge in [-0.15, -0.1) is 0 Å². The molecule has 1 saturated carbocycles. The van der Waals surface area contributed by atoms with Gasteiger partial charge in [-0.25, -0.2) is 0 Å². The molecule has 166 valence electrons. The average molecular weight is 426 g/mol. The molecule has 1 aromatic carbocycles. The Morgan fingerprint density at radius 3 is 2.35 bits per heavy atom. The van der Waals surface area contributed by atoms with E-state index >= 15 is 0 Å². The fraction of sp³-hybridized carbons (Fsp3) is 0.583.